The van der Waals surface area contributed by atoms with Gasteiger partial charge < -0.3 is 9.88 Å². The standard InChI is InChI=1S/C46H33N3/c1-3-14-30(15-4-1)33-19-13-20-34(28-33)46-47-40(32-17-5-2-6-18-32)29-42(48-46)49-41-25-12-11-24-39(41)44-43-35-21-8-7-16-31(35)26-27-37(43)36-22-9-10-23-38(36)45(44)49/h1-29,42,46-48H. The Morgan fingerprint density at radius 2 is 1.10 bits per heavy atom. The van der Waals surface area contributed by atoms with Gasteiger partial charge in [-0.05, 0) is 62.0 Å². The Morgan fingerprint density at radius 3 is 1.92 bits per heavy atom. The minimum Gasteiger partial charge on any atom is -0.366 e. The minimum atomic E-state index is -0.139. The first-order valence-corrected chi connectivity index (χ1v) is 17.0. The molecular formula is C46H33N3. The van der Waals surface area contributed by atoms with Gasteiger partial charge in [0.05, 0.1) is 11.0 Å². The average molecular weight is 628 g/mol. The van der Waals surface area contributed by atoms with Crippen molar-refractivity contribution < 1.29 is 0 Å². The number of nitrogens with zero attached hydrogens (tertiary/aromatic N) is 1. The van der Waals surface area contributed by atoms with Crippen LogP contribution >= 0.6 is 0 Å². The van der Waals surface area contributed by atoms with Crippen molar-refractivity contribution in [2.75, 3.05) is 0 Å². The lowest BCUT2D eigenvalue weighted by molar-refractivity contribution is 0.384. The lowest BCUT2D eigenvalue weighted by Gasteiger charge is -2.34. The monoisotopic (exact) mass is 627 g/mol. The molecule has 2 heterocycles. The van der Waals surface area contributed by atoms with Crippen LogP contribution in [0, 0.1) is 0 Å². The van der Waals surface area contributed by atoms with E-state index < -0.39 is 0 Å². The third-order valence-electron chi connectivity index (χ3n) is 10.2. The molecule has 232 valence electrons. The molecule has 0 spiro atoms. The molecule has 1 aliphatic rings. The molecule has 0 fully saturated rings. The maximum Gasteiger partial charge on any atom is 0.108 e. The van der Waals surface area contributed by atoms with E-state index in [1.807, 2.05) is 0 Å². The molecular weight excluding hydrogens is 595 g/mol. The van der Waals surface area contributed by atoms with Crippen molar-refractivity contribution in [1.29, 1.82) is 0 Å². The third kappa shape index (κ3) is 4.47. The molecule has 2 atom stereocenters. The molecule has 0 amide bonds. The largest absolute Gasteiger partial charge is 0.366 e. The Kier molecular flexibility index (Phi) is 6.39. The minimum absolute atomic E-state index is 0.127. The molecule has 8 aromatic carbocycles. The summed E-state index contributed by atoms with van der Waals surface area (Å²) in [6.45, 7) is 0. The van der Waals surface area contributed by atoms with E-state index in [0.29, 0.717) is 0 Å². The fourth-order valence-electron chi connectivity index (χ4n) is 8.04. The summed E-state index contributed by atoms with van der Waals surface area (Å²) >= 11 is 0. The van der Waals surface area contributed by atoms with Gasteiger partial charge in [-0.15, -0.1) is 0 Å². The summed E-state index contributed by atoms with van der Waals surface area (Å²) < 4.78 is 2.55. The summed E-state index contributed by atoms with van der Waals surface area (Å²) in [5, 5.41) is 18.2. The van der Waals surface area contributed by atoms with Gasteiger partial charge in [0.1, 0.15) is 12.3 Å². The third-order valence-corrected chi connectivity index (χ3v) is 10.2. The molecule has 0 saturated heterocycles. The van der Waals surface area contributed by atoms with E-state index in [1.54, 1.807) is 0 Å². The van der Waals surface area contributed by atoms with Crippen LogP contribution in [0.1, 0.15) is 23.5 Å². The number of aromatic nitrogens is 1. The first kappa shape index (κ1) is 27.9. The van der Waals surface area contributed by atoms with Gasteiger partial charge in [-0.3, -0.25) is 5.32 Å². The molecule has 0 bridgehead atoms. The zero-order chi connectivity index (χ0) is 32.3. The molecule has 9 aromatic rings. The van der Waals surface area contributed by atoms with Gasteiger partial charge in [-0.25, -0.2) is 0 Å². The number of hydrogen-bond acceptors (Lipinski definition) is 2. The van der Waals surface area contributed by atoms with Crippen LogP contribution in [-0.2, 0) is 0 Å². The summed E-state index contributed by atoms with van der Waals surface area (Å²) in [6.07, 6.45) is 2.10. The van der Waals surface area contributed by atoms with E-state index in [9.17, 15) is 0 Å². The maximum atomic E-state index is 4.06. The summed E-state index contributed by atoms with van der Waals surface area (Å²) in [5.74, 6) is 0. The highest BCUT2D eigenvalue weighted by Gasteiger charge is 2.28. The summed E-state index contributed by atoms with van der Waals surface area (Å²) in [6, 6.07) is 61.5. The van der Waals surface area contributed by atoms with Crippen LogP contribution in [0.15, 0.2) is 176 Å². The van der Waals surface area contributed by atoms with Gasteiger partial charge in [-0.2, -0.15) is 0 Å². The van der Waals surface area contributed by atoms with Crippen LogP contribution in [0.25, 0.3) is 70.9 Å². The Balaban J connectivity index is 1.27. The van der Waals surface area contributed by atoms with Crippen LogP contribution in [0.2, 0.25) is 0 Å². The fourth-order valence-corrected chi connectivity index (χ4v) is 8.04. The summed E-state index contributed by atoms with van der Waals surface area (Å²) in [5.41, 5.74) is 8.35. The van der Waals surface area contributed by atoms with Crippen LogP contribution < -0.4 is 10.6 Å². The molecule has 10 rings (SSSR count). The second-order valence-electron chi connectivity index (χ2n) is 13.0. The lowest BCUT2D eigenvalue weighted by atomic mass is 9.93. The first-order valence-electron chi connectivity index (χ1n) is 17.0. The van der Waals surface area contributed by atoms with Gasteiger partial charge in [-0.1, -0.05) is 158 Å². The zero-order valence-electron chi connectivity index (χ0n) is 26.8. The van der Waals surface area contributed by atoms with Gasteiger partial charge in [0.2, 0.25) is 0 Å². The molecule has 2 N–H and O–H groups in total. The first-order chi connectivity index (χ1) is 24.3. The number of benzene rings is 8. The van der Waals surface area contributed by atoms with Crippen molar-refractivity contribution in [1.82, 2.24) is 15.2 Å². The number of nitrogens with one attached hydrogen (secondary N) is 2. The molecule has 3 heteroatoms. The van der Waals surface area contributed by atoms with Crippen molar-refractivity contribution in [3.63, 3.8) is 0 Å². The number of fused-ring (bicyclic) bond motifs is 10. The molecule has 3 nitrogen and oxygen atoms in total. The Hall–Kier alpha value is -6.16. The SMILES string of the molecule is C1=C(c2ccccc2)NC(c2cccc(-c3ccccc3)c2)NC1n1c2ccccc2c2c3c4ccccc4ccc3c3ccccc3c21. The smallest absolute Gasteiger partial charge is 0.108 e. The second-order valence-corrected chi connectivity index (χ2v) is 13.0. The highest BCUT2D eigenvalue weighted by molar-refractivity contribution is 6.36. The Morgan fingerprint density at radius 1 is 0.449 bits per heavy atom. The van der Waals surface area contributed by atoms with Crippen molar-refractivity contribution in [2.24, 2.45) is 0 Å². The van der Waals surface area contributed by atoms with E-state index in [4.69, 9.17) is 0 Å². The molecule has 0 saturated carbocycles. The van der Waals surface area contributed by atoms with Crippen LogP contribution in [0.3, 0.4) is 0 Å². The van der Waals surface area contributed by atoms with E-state index in [0.717, 1.165) is 5.70 Å². The second kappa shape index (κ2) is 11.2. The lowest BCUT2D eigenvalue weighted by Crippen LogP contribution is -2.41. The van der Waals surface area contributed by atoms with E-state index in [1.165, 1.54) is 76.4 Å². The van der Waals surface area contributed by atoms with E-state index >= 15 is 0 Å². The van der Waals surface area contributed by atoms with E-state index in [-0.39, 0.29) is 12.3 Å². The maximum absolute atomic E-state index is 4.06. The van der Waals surface area contributed by atoms with Gasteiger partial charge >= 0.3 is 0 Å². The molecule has 0 aliphatic carbocycles. The molecule has 1 aromatic heterocycles. The van der Waals surface area contributed by atoms with Gasteiger partial charge in [0.25, 0.3) is 0 Å². The topological polar surface area (TPSA) is 29.0 Å². The van der Waals surface area contributed by atoms with Crippen molar-refractivity contribution in [3.05, 3.63) is 187 Å². The zero-order valence-corrected chi connectivity index (χ0v) is 26.8. The predicted octanol–water partition coefficient (Wildman–Crippen LogP) is 11.4. The van der Waals surface area contributed by atoms with Crippen molar-refractivity contribution in [3.8, 4) is 11.1 Å². The highest BCUT2D eigenvalue weighted by atomic mass is 15.3. The summed E-state index contributed by atoms with van der Waals surface area (Å²) in [7, 11) is 0. The number of para-hydroxylation sites is 1. The van der Waals surface area contributed by atoms with Crippen LogP contribution in [-0.4, -0.2) is 4.57 Å². The summed E-state index contributed by atoms with van der Waals surface area (Å²) in [4.78, 5) is 0. The average Bonchev–Trinajstić information content (AvgIpc) is 3.54. The Labute approximate surface area is 284 Å². The number of hydrogen-bond donors (Lipinski definition) is 2. The van der Waals surface area contributed by atoms with Crippen LogP contribution in [0.4, 0.5) is 0 Å². The van der Waals surface area contributed by atoms with Crippen molar-refractivity contribution in [2.45, 2.75) is 12.3 Å². The van der Waals surface area contributed by atoms with E-state index in [2.05, 4.69) is 191 Å². The predicted molar refractivity (Wildman–Crippen MR) is 206 cm³/mol. The quantitative estimate of drug-likeness (QED) is 0.190. The molecule has 0 radical (unpaired) electrons. The number of rotatable bonds is 4. The van der Waals surface area contributed by atoms with Crippen molar-refractivity contribution >= 4 is 59.8 Å². The normalized spacial score (nSPS) is 16.4. The molecule has 1 aliphatic heterocycles. The molecule has 49 heavy (non-hydrogen) atoms. The fraction of sp³-hybridized carbons (Fsp3) is 0.0435. The highest BCUT2D eigenvalue weighted by Crippen LogP contribution is 2.45. The van der Waals surface area contributed by atoms with Gasteiger partial charge in [0, 0.05) is 27.2 Å². The van der Waals surface area contributed by atoms with Crippen LogP contribution in [0.5, 0.6) is 0 Å². The van der Waals surface area contributed by atoms with Gasteiger partial charge in [0.15, 0.2) is 0 Å². The molecule has 2 unspecified atom stereocenters. The Bertz CT molecular complexity index is 2720.